The molecule has 2 aromatic rings. The summed E-state index contributed by atoms with van der Waals surface area (Å²) >= 11 is 2.96. The maximum Gasteiger partial charge on any atom is 0.269 e. The maximum absolute atomic E-state index is 11.4. The van der Waals surface area contributed by atoms with Gasteiger partial charge in [-0.15, -0.1) is 0 Å². The van der Waals surface area contributed by atoms with Crippen LogP contribution < -0.4 is 5.56 Å². The number of benzene rings is 1. The van der Waals surface area contributed by atoms with Crippen LogP contribution in [-0.2, 0) is 6.42 Å². The first kappa shape index (κ1) is 11.9. The molecule has 0 aliphatic rings. The smallest absolute Gasteiger partial charge is 0.269 e. The quantitative estimate of drug-likeness (QED) is 0.892. The van der Waals surface area contributed by atoms with Gasteiger partial charge in [0, 0.05) is 6.42 Å². The van der Waals surface area contributed by atoms with Gasteiger partial charge in [0.1, 0.15) is 10.3 Å². The molecule has 0 saturated carbocycles. The lowest BCUT2D eigenvalue weighted by Crippen LogP contribution is -2.12. The second-order valence-electron chi connectivity index (χ2n) is 3.75. The van der Waals surface area contributed by atoms with Crippen LogP contribution in [0.2, 0.25) is 0 Å². The molecule has 17 heavy (non-hydrogen) atoms. The first-order chi connectivity index (χ1) is 8.08. The van der Waals surface area contributed by atoms with Crippen molar-refractivity contribution in [2.45, 2.75) is 13.3 Å². The largest absolute Gasteiger partial charge is 0.492 e. The molecule has 1 heterocycles. The summed E-state index contributed by atoms with van der Waals surface area (Å²) in [6, 6.07) is 7.84. The van der Waals surface area contributed by atoms with Crippen molar-refractivity contribution >= 4 is 15.9 Å². The minimum absolute atomic E-state index is 0.0611. The van der Waals surface area contributed by atoms with E-state index in [0.29, 0.717) is 12.2 Å². The topological polar surface area (TPSA) is 66.0 Å². The standard InChI is InChI=1S/C12H11BrN2O2/c1-7-4-2-3-5-8(7)6-9-14-11(16)10(13)12(17)15-9/h2-5H,6H2,1H3,(H2,14,15,16,17). The summed E-state index contributed by atoms with van der Waals surface area (Å²) in [6.45, 7) is 1.99. The van der Waals surface area contributed by atoms with Gasteiger partial charge in [0.05, 0.1) is 0 Å². The molecule has 1 aromatic heterocycles. The molecule has 0 bridgehead atoms. The highest BCUT2D eigenvalue weighted by atomic mass is 79.9. The number of aromatic hydroxyl groups is 1. The number of nitrogens with one attached hydrogen (secondary N) is 1. The molecule has 0 atom stereocenters. The molecule has 0 fully saturated rings. The van der Waals surface area contributed by atoms with Gasteiger partial charge in [-0.2, -0.15) is 4.98 Å². The molecule has 1 aromatic carbocycles. The molecule has 2 N–H and O–H groups in total. The lowest BCUT2D eigenvalue weighted by atomic mass is 10.1. The summed E-state index contributed by atoms with van der Waals surface area (Å²) < 4.78 is 0.0611. The Hall–Kier alpha value is -1.62. The van der Waals surface area contributed by atoms with Gasteiger partial charge in [0.2, 0.25) is 5.88 Å². The van der Waals surface area contributed by atoms with E-state index in [-0.39, 0.29) is 15.9 Å². The number of aromatic nitrogens is 2. The molecule has 0 aliphatic heterocycles. The second kappa shape index (κ2) is 4.71. The normalized spacial score (nSPS) is 10.5. The van der Waals surface area contributed by atoms with Crippen LogP contribution in [0.15, 0.2) is 33.5 Å². The van der Waals surface area contributed by atoms with Gasteiger partial charge in [-0.25, -0.2) is 0 Å². The fourth-order valence-electron chi connectivity index (χ4n) is 1.56. The van der Waals surface area contributed by atoms with Crippen molar-refractivity contribution in [1.29, 1.82) is 0 Å². The van der Waals surface area contributed by atoms with Crippen molar-refractivity contribution in [3.8, 4) is 5.88 Å². The van der Waals surface area contributed by atoms with E-state index in [1.807, 2.05) is 31.2 Å². The summed E-state index contributed by atoms with van der Waals surface area (Å²) in [5, 5.41) is 9.45. The number of H-pyrrole nitrogens is 1. The molecule has 0 unspecified atom stereocenters. The Morgan fingerprint density at radius 1 is 1.41 bits per heavy atom. The summed E-state index contributed by atoms with van der Waals surface area (Å²) in [5.74, 6) is 0.169. The highest BCUT2D eigenvalue weighted by Crippen LogP contribution is 2.17. The van der Waals surface area contributed by atoms with E-state index in [9.17, 15) is 9.90 Å². The number of hydrogen-bond acceptors (Lipinski definition) is 3. The number of aromatic amines is 1. The Balaban J connectivity index is 2.38. The van der Waals surface area contributed by atoms with E-state index in [1.165, 1.54) is 0 Å². The van der Waals surface area contributed by atoms with Crippen LogP contribution in [0, 0.1) is 6.92 Å². The van der Waals surface area contributed by atoms with Crippen LogP contribution in [0.3, 0.4) is 0 Å². The Morgan fingerprint density at radius 3 is 2.76 bits per heavy atom. The highest BCUT2D eigenvalue weighted by molar-refractivity contribution is 9.10. The van der Waals surface area contributed by atoms with Crippen LogP contribution >= 0.6 is 15.9 Å². The molecule has 88 valence electrons. The van der Waals surface area contributed by atoms with Gasteiger partial charge in [0.25, 0.3) is 5.56 Å². The fourth-order valence-corrected chi connectivity index (χ4v) is 1.75. The summed E-state index contributed by atoms with van der Waals surface area (Å²) in [6.07, 6.45) is 0.489. The van der Waals surface area contributed by atoms with Crippen molar-refractivity contribution in [3.63, 3.8) is 0 Å². The van der Waals surface area contributed by atoms with Crippen molar-refractivity contribution in [3.05, 3.63) is 56.0 Å². The first-order valence-electron chi connectivity index (χ1n) is 5.10. The average molecular weight is 295 g/mol. The van der Waals surface area contributed by atoms with Gasteiger partial charge in [-0.3, -0.25) is 4.79 Å². The summed E-state index contributed by atoms with van der Waals surface area (Å²) in [5.41, 5.74) is 1.82. The number of aryl methyl sites for hydroxylation is 1. The third kappa shape index (κ3) is 2.55. The number of hydrogen-bond donors (Lipinski definition) is 2. The van der Waals surface area contributed by atoms with E-state index in [1.54, 1.807) is 0 Å². The van der Waals surface area contributed by atoms with E-state index in [4.69, 9.17) is 0 Å². The monoisotopic (exact) mass is 294 g/mol. The molecular weight excluding hydrogens is 284 g/mol. The number of halogens is 1. The molecule has 4 nitrogen and oxygen atoms in total. The average Bonchev–Trinajstić information content (AvgIpc) is 2.29. The Kier molecular flexibility index (Phi) is 3.28. The van der Waals surface area contributed by atoms with Gasteiger partial charge in [-0.05, 0) is 34.0 Å². The molecule has 0 aliphatic carbocycles. The van der Waals surface area contributed by atoms with Crippen LogP contribution in [-0.4, -0.2) is 15.1 Å². The van der Waals surface area contributed by atoms with Crippen molar-refractivity contribution in [1.82, 2.24) is 9.97 Å². The number of nitrogens with zero attached hydrogens (tertiary/aromatic N) is 1. The molecular formula is C12H11BrN2O2. The molecule has 0 saturated heterocycles. The third-order valence-electron chi connectivity index (χ3n) is 2.51. The maximum atomic E-state index is 11.4. The van der Waals surface area contributed by atoms with E-state index >= 15 is 0 Å². The third-order valence-corrected chi connectivity index (χ3v) is 3.23. The molecule has 2 rings (SSSR count). The van der Waals surface area contributed by atoms with Crippen LogP contribution in [0.4, 0.5) is 0 Å². The van der Waals surface area contributed by atoms with Crippen LogP contribution in [0.1, 0.15) is 17.0 Å². The van der Waals surface area contributed by atoms with Crippen molar-refractivity contribution in [2.24, 2.45) is 0 Å². The van der Waals surface area contributed by atoms with Crippen LogP contribution in [0.5, 0.6) is 5.88 Å². The highest BCUT2D eigenvalue weighted by Gasteiger charge is 2.08. The van der Waals surface area contributed by atoms with Gasteiger partial charge in [0.15, 0.2) is 0 Å². The molecule has 0 spiro atoms. The predicted molar refractivity (Wildman–Crippen MR) is 68.2 cm³/mol. The summed E-state index contributed by atoms with van der Waals surface area (Å²) in [4.78, 5) is 18.0. The zero-order valence-electron chi connectivity index (χ0n) is 9.20. The zero-order valence-corrected chi connectivity index (χ0v) is 10.8. The fraction of sp³-hybridized carbons (Fsp3) is 0.167. The summed E-state index contributed by atoms with van der Waals surface area (Å²) in [7, 11) is 0. The van der Waals surface area contributed by atoms with E-state index in [2.05, 4.69) is 25.9 Å². The van der Waals surface area contributed by atoms with Gasteiger partial charge < -0.3 is 10.1 Å². The lowest BCUT2D eigenvalue weighted by Gasteiger charge is -2.05. The Bertz CT molecular complexity index is 608. The van der Waals surface area contributed by atoms with Crippen molar-refractivity contribution < 1.29 is 5.11 Å². The minimum atomic E-state index is -0.374. The lowest BCUT2D eigenvalue weighted by molar-refractivity contribution is 0.444. The van der Waals surface area contributed by atoms with E-state index in [0.717, 1.165) is 11.1 Å². The van der Waals surface area contributed by atoms with E-state index < -0.39 is 0 Å². The second-order valence-corrected chi connectivity index (χ2v) is 4.55. The Morgan fingerprint density at radius 2 is 2.12 bits per heavy atom. The number of rotatable bonds is 2. The van der Waals surface area contributed by atoms with Gasteiger partial charge in [-0.1, -0.05) is 24.3 Å². The minimum Gasteiger partial charge on any atom is -0.492 e. The SMILES string of the molecule is Cc1ccccc1Cc1nc(O)c(Br)c(=O)[nH]1. The van der Waals surface area contributed by atoms with Crippen LogP contribution in [0.25, 0.3) is 0 Å². The predicted octanol–water partition coefficient (Wildman–Crippen LogP) is 2.14. The van der Waals surface area contributed by atoms with Crippen molar-refractivity contribution in [2.75, 3.05) is 0 Å². The molecule has 5 heteroatoms. The molecule has 0 radical (unpaired) electrons. The zero-order chi connectivity index (χ0) is 12.4. The first-order valence-corrected chi connectivity index (χ1v) is 5.89. The molecule has 0 amide bonds. The Labute approximate surface area is 106 Å². The van der Waals surface area contributed by atoms with Gasteiger partial charge >= 0.3 is 0 Å².